The van der Waals surface area contributed by atoms with Crippen molar-refractivity contribution < 1.29 is 17.9 Å². The fourth-order valence-electron chi connectivity index (χ4n) is 3.98. The zero-order chi connectivity index (χ0) is 20.8. The van der Waals surface area contributed by atoms with Crippen molar-refractivity contribution in [3.8, 4) is 11.1 Å². The molecule has 0 aliphatic carbocycles. The first-order valence-corrected chi connectivity index (χ1v) is 10.6. The molecule has 0 bridgehead atoms. The summed E-state index contributed by atoms with van der Waals surface area (Å²) in [6.45, 7) is 4.48. The third-order valence-corrected chi connectivity index (χ3v) is 5.68. The minimum atomic E-state index is -0.902. The summed E-state index contributed by atoms with van der Waals surface area (Å²) in [6, 6.07) is 7.83. The summed E-state index contributed by atoms with van der Waals surface area (Å²) in [6.07, 6.45) is 9.09. The van der Waals surface area contributed by atoms with Crippen molar-refractivity contribution in [1.29, 1.82) is 0 Å². The predicted octanol–water partition coefficient (Wildman–Crippen LogP) is 7.34. The second kappa shape index (κ2) is 10.1. The van der Waals surface area contributed by atoms with Crippen molar-refractivity contribution in [3.05, 3.63) is 71.1 Å². The largest absolute Gasteiger partial charge is 0.374 e. The van der Waals surface area contributed by atoms with Crippen LogP contribution in [0.15, 0.2) is 42.5 Å². The minimum Gasteiger partial charge on any atom is -0.374 e. The van der Waals surface area contributed by atoms with Crippen LogP contribution < -0.4 is 0 Å². The predicted molar refractivity (Wildman–Crippen MR) is 112 cm³/mol. The molecule has 0 saturated carbocycles. The molecular formula is C25H29F3O. The van der Waals surface area contributed by atoms with Gasteiger partial charge in [-0.3, -0.25) is 0 Å². The zero-order valence-electron chi connectivity index (χ0n) is 17.2. The Morgan fingerprint density at radius 3 is 2.52 bits per heavy atom. The molecule has 1 saturated heterocycles. The van der Waals surface area contributed by atoms with Gasteiger partial charge in [-0.25, -0.2) is 13.2 Å². The highest BCUT2D eigenvalue weighted by Gasteiger charge is 2.24. The Labute approximate surface area is 171 Å². The molecular weight excluding hydrogens is 373 g/mol. The van der Waals surface area contributed by atoms with Crippen LogP contribution in [-0.2, 0) is 11.2 Å². The summed E-state index contributed by atoms with van der Waals surface area (Å²) >= 11 is 0. The smallest absolute Gasteiger partial charge is 0.166 e. The van der Waals surface area contributed by atoms with Gasteiger partial charge in [0.25, 0.3) is 0 Å². The highest BCUT2D eigenvalue weighted by atomic mass is 19.2. The number of unbranched alkanes of at least 4 members (excludes halogenated alkanes) is 2. The fraction of sp³-hybridized carbons (Fsp3) is 0.440. The van der Waals surface area contributed by atoms with Gasteiger partial charge in [-0.1, -0.05) is 56.2 Å². The lowest BCUT2D eigenvalue weighted by molar-refractivity contribution is 0.0319. The molecule has 1 fully saturated rings. The number of halogens is 3. The van der Waals surface area contributed by atoms with Gasteiger partial charge in [0, 0.05) is 11.5 Å². The van der Waals surface area contributed by atoms with E-state index < -0.39 is 17.5 Å². The summed E-state index contributed by atoms with van der Waals surface area (Å²) in [5.41, 5.74) is 1.41. The lowest BCUT2D eigenvalue weighted by Crippen LogP contribution is -2.23. The number of allylic oxidation sites excluding steroid dienone is 1. The Balaban J connectivity index is 1.77. The van der Waals surface area contributed by atoms with Crippen LogP contribution in [0.2, 0.25) is 0 Å². The van der Waals surface area contributed by atoms with Gasteiger partial charge in [0.2, 0.25) is 0 Å². The van der Waals surface area contributed by atoms with Gasteiger partial charge in [0.1, 0.15) is 5.82 Å². The normalized spacial score (nSPS) is 19.8. The van der Waals surface area contributed by atoms with Crippen LogP contribution in [0, 0.1) is 17.5 Å². The van der Waals surface area contributed by atoms with Gasteiger partial charge < -0.3 is 4.74 Å². The van der Waals surface area contributed by atoms with E-state index in [1.165, 1.54) is 6.07 Å². The Morgan fingerprint density at radius 2 is 1.86 bits per heavy atom. The summed E-state index contributed by atoms with van der Waals surface area (Å²) in [5, 5.41) is 0. The van der Waals surface area contributed by atoms with Crippen molar-refractivity contribution in [1.82, 2.24) is 0 Å². The van der Waals surface area contributed by atoms with Crippen LogP contribution >= 0.6 is 0 Å². The van der Waals surface area contributed by atoms with Crippen molar-refractivity contribution in [2.45, 2.75) is 64.4 Å². The average Bonchev–Trinajstić information content (AvgIpc) is 2.72. The van der Waals surface area contributed by atoms with Gasteiger partial charge >= 0.3 is 0 Å². The summed E-state index contributed by atoms with van der Waals surface area (Å²) in [5.74, 6) is -2.14. The Bertz CT molecular complexity index is 851. The first kappa shape index (κ1) is 21.6. The van der Waals surface area contributed by atoms with Crippen molar-refractivity contribution >= 4 is 0 Å². The molecule has 0 spiro atoms. The van der Waals surface area contributed by atoms with E-state index in [0.29, 0.717) is 29.7 Å². The standard InChI is InChI=1S/C25H29F3O/c1-3-5-6-8-17-10-14-22(25(28)24(17)27)18-11-13-21(23(26)15-18)19-9-12-20(7-4-2)29-16-19/h4,7,10-11,13-15,19-20H,3,5-6,8-9,12,16H2,1-2H3/b7-4+. The second-order valence-corrected chi connectivity index (χ2v) is 7.77. The number of benzene rings is 2. The molecule has 1 aliphatic heterocycles. The van der Waals surface area contributed by atoms with Crippen LogP contribution in [-0.4, -0.2) is 12.7 Å². The molecule has 2 aromatic rings. The molecule has 1 heterocycles. The lowest BCUT2D eigenvalue weighted by Gasteiger charge is -2.28. The van der Waals surface area contributed by atoms with E-state index in [9.17, 15) is 13.2 Å². The average molecular weight is 403 g/mol. The number of rotatable bonds is 7. The van der Waals surface area contributed by atoms with Crippen molar-refractivity contribution in [2.75, 3.05) is 6.61 Å². The summed E-state index contributed by atoms with van der Waals surface area (Å²) in [4.78, 5) is 0. The fourth-order valence-corrected chi connectivity index (χ4v) is 3.98. The van der Waals surface area contributed by atoms with Crippen LogP contribution in [0.5, 0.6) is 0 Å². The third-order valence-electron chi connectivity index (χ3n) is 5.68. The molecule has 0 aromatic heterocycles. The molecule has 2 atom stereocenters. The van der Waals surface area contributed by atoms with Crippen LogP contribution in [0.4, 0.5) is 13.2 Å². The molecule has 2 unspecified atom stereocenters. The number of hydrogen-bond acceptors (Lipinski definition) is 1. The van der Waals surface area contributed by atoms with Crippen molar-refractivity contribution in [3.63, 3.8) is 0 Å². The van der Waals surface area contributed by atoms with Crippen LogP contribution in [0.3, 0.4) is 0 Å². The monoisotopic (exact) mass is 402 g/mol. The topological polar surface area (TPSA) is 9.23 Å². The van der Waals surface area contributed by atoms with Gasteiger partial charge in [0.15, 0.2) is 11.6 Å². The molecule has 156 valence electrons. The van der Waals surface area contributed by atoms with E-state index in [0.717, 1.165) is 32.1 Å². The Hall–Kier alpha value is -2.07. The molecule has 0 N–H and O–H groups in total. The van der Waals surface area contributed by atoms with Gasteiger partial charge in [-0.2, -0.15) is 0 Å². The molecule has 0 amide bonds. The highest BCUT2D eigenvalue weighted by molar-refractivity contribution is 5.65. The molecule has 29 heavy (non-hydrogen) atoms. The van der Waals surface area contributed by atoms with E-state index in [1.807, 2.05) is 19.1 Å². The minimum absolute atomic E-state index is 0.0203. The maximum atomic E-state index is 14.8. The lowest BCUT2D eigenvalue weighted by atomic mass is 9.89. The van der Waals surface area contributed by atoms with E-state index in [4.69, 9.17) is 4.74 Å². The number of ether oxygens (including phenoxy) is 1. The maximum absolute atomic E-state index is 14.8. The van der Waals surface area contributed by atoms with Crippen LogP contribution in [0.25, 0.3) is 11.1 Å². The van der Waals surface area contributed by atoms with E-state index in [2.05, 4.69) is 6.92 Å². The molecule has 4 heteroatoms. The van der Waals surface area contributed by atoms with Gasteiger partial charge in [-0.05, 0) is 55.4 Å². The molecule has 3 rings (SSSR count). The van der Waals surface area contributed by atoms with E-state index >= 15 is 0 Å². The first-order chi connectivity index (χ1) is 14.0. The zero-order valence-corrected chi connectivity index (χ0v) is 17.2. The molecule has 1 aliphatic rings. The number of hydrogen-bond donors (Lipinski definition) is 0. The summed E-state index contributed by atoms with van der Waals surface area (Å²) in [7, 11) is 0. The molecule has 1 nitrogen and oxygen atoms in total. The quantitative estimate of drug-likeness (QED) is 0.348. The first-order valence-electron chi connectivity index (χ1n) is 10.6. The third kappa shape index (κ3) is 5.11. The number of aryl methyl sites for hydroxylation is 1. The van der Waals surface area contributed by atoms with Gasteiger partial charge in [0.05, 0.1) is 12.7 Å². The van der Waals surface area contributed by atoms with Crippen LogP contribution in [0.1, 0.15) is 63.0 Å². The SMILES string of the molecule is C/C=C/C1CCC(c2ccc(-c3ccc(CCCCC)c(F)c3F)cc2F)CO1. The molecule has 2 aromatic carbocycles. The summed E-state index contributed by atoms with van der Waals surface area (Å²) < 4.78 is 49.7. The Morgan fingerprint density at radius 1 is 1.03 bits per heavy atom. The highest BCUT2D eigenvalue weighted by Crippen LogP contribution is 2.34. The van der Waals surface area contributed by atoms with Gasteiger partial charge in [-0.15, -0.1) is 0 Å². The Kier molecular flexibility index (Phi) is 7.54. The van der Waals surface area contributed by atoms with E-state index in [1.54, 1.807) is 24.3 Å². The second-order valence-electron chi connectivity index (χ2n) is 7.77. The maximum Gasteiger partial charge on any atom is 0.166 e. The van der Waals surface area contributed by atoms with E-state index in [-0.39, 0.29) is 17.6 Å². The van der Waals surface area contributed by atoms with Crippen molar-refractivity contribution in [2.24, 2.45) is 0 Å². The molecule has 0 radical (unpaired) electrons.